The molecule has 2 aromatic heterocycles. The Morgan fingerprint density at radius 3 is 1.19 bits per heavy atom. The van der Waals surface area contributed by atoms with Gasteiger partial charge < -0.3 is 23.4 Å². The molecule has 6 heteroatoms. The third kappa shape index (κ3) is 5.66. The molecule has 3 aliphatic heterocycles. The monoisotopic (exact) mass is 974 g/mol. The lowest BCUT2D eigenvalue weighted by atomic mass is 9.98. The predicted octanol–water partition coefficient (Wildman–Crippen LogP) is 16.5. The minimum Gasteiger partial charge on any atom is -0.457 e. The Bertz CT molecular complexity index is 4500. The average molecular weight is 975 g/mol. The zero-order valence-corrected chi connectivity index (χ0v) is 41.6. The molecule has 0 spiro atoms. The maximum Gasteiger partial charge on any atom is 0.198 e. The Balaban J connectivity index is 0.979. The third-order valence-corrected chi connectivity index (χ3v) is 21.3. The van der Waals surface area contributed by atoms with Crippen molar-refractivity contribution in [3.63, 3.8) is 0 Å². The average Bonchev–Trinajstić information content (AvgIpc) is 4.02. The number of hydrogen-bond acceptors (Lipinski definition) is 5. The minimum atomic E-state index is -3.28. The molecule has 0 radical (unpaired) electrons. The van der Waals surface area contributed by atoms with Crippen LogP contribution in [0.2, 0.25) is 0 Å². The van der Waals surface area contributed by atoms with Gasteiger partial charge in [0.2, 0.25) is 0 Å². The van der Waals surface area contributed by atoms with Crippen molar-refractivity contribution in [3.05, 3.63) is 242 Å². The van der Waals surface area contributed by atoms with E-state index in [1.54, 1.807) is 0 Å². The molecule has 5 heterocycles. The number of hydrogen-bond donors (Lipinski definition) is 0. The van der Waals surface area contributed by atoms with Crippen molar-refractivity contribution < 1.29 is 13.6 Å². The minimum absolute atomic E-state index is 0.868. The smallest absolute Gasteiger partial charge is 0.198 e. The van der Waals surface area contributed by atoms with E-state index in [1.807, 2.05) is 0 Å². The van der Waals surface area contributed by atoms with E-state index >= 15 is 0 Å². The lowest BCUT2D eigenvalue weighted by molar-refractivity contribution is 0.487. The van der Waals surface area contributed by atoms with Crippen LogP contribution in [-0.2, 0) is 0 Å². The summed E-state index contributed by atoms with van der Waals surface area (Å²) in [6, 6.07) is 86.7. The van der Waals surface area contributed by atoms with Gasteiger partial charge in [0.25, 0.3) is 0 Å². The van der Waals surface area contributed by atoms with Crippen LogP contribution in [0.25, 0.3) is 87.7 Å². The first-order chi connectivity index (χ1) is 37.0. The number of anilines is 6. The molecule has 0 saturated heterocycles. The van der Waals surface area contributed by atoms with E-state index in [9.17, 15) is 0 Å². The fraction of sp³-hybridized carbons (Fsp3) is 0.0145. The summed E-state index contributed by atoms with van der Waals surface area (Å²) in [5, 5.41) is 14.3. The van der Waals surface area contributed by atoms with E-state index in [0.717, 1.165) is 111 Å². The summed E-state index contributed by atoms with van der Waals surface area (Å²) >= 11 is 0. The number of para-hydroxylation sites is 2. The second kappa shape index (κ2) is 15.0. The van der Waals surface area contributed by atoms with E-state index in [-0.39, 0.29) is 0 Å². The SMILES string of the molecule is Cc1cc2c3c(c1)N(c1ccccc1)c1cc(-c4ccc5oc6cc7ccccc7cc6c5c4)cc4c1[Si]3(c1ccccc1)c1c(cc(-c3ccc5oc6cc7ccccc7cc6c5c3)cc1N2c1ccccc1)O4. The van der Waals surface area contributed by atoms with Crippen molar-refractivity contribution in [2.45, 2.75) is 6.92 Å². The summed E-state index contributed by atoms with van der Waals surface area (Å²) in [5.74, 6) is 1.76. The van der Waals surface area contributed by atoms with Crippen molar-refractivity contribution in [3.8, 4) is 33.8 Å². The zero-order chi connectivity index (χ0) is 49.1. The molecule has 0 fully saturated rings. The first-order valence-corrected chi connectivity index (χ1v) is 27.7. The van der Waals surface area contributed by atoms with Gasteiger partial charge in [-0.1, -0.05) is 127 Å². The molecule has 0 saturated carbocycles. The number of benzene rings is 12. The Morgan fingerprint density at radius 2 is 0.720 bits per heavy atom. The topological polar surface area (TPSA) is 42.0 Å². The first kappa shape index (κ1) is 40.9. The molecule has 12 aromatic carbocycles. The summed E-state index contributed by atoms with van der Waals surface area (Å²) in [5.41, 5.74) is 15.9. The molecular formula is C69H42N2O3Si. The van der Waals surface area contributed by atoms with Gasteiger partial charge in [-0.15, -0.1) is 0 Å². The summed E-state index contributed by atoms with van der Waals surface area (Å²) in [6.07, 6.45) is 0. The van der Waals surface area contributed by atoms with Crippen LogP contribution in [0.1, 0.15) is 5.56 Å². The van der Waals surface area contributed by atoms with Gasteiger partial charge in [0, 0.05) is 59.9 Å². The number of aryl methyl sites for hydroxylation is 1. The summed E-state index contributed by atoms with van der Waals surface area (Å²) in [7, 11) is -3.28. The van der Waals surface area contributed by atoms with Gasteiger partial charge in [0.1, 0.15) is 33.8 Å². The van der Waals surface area contributed by atoms with Gasteiger partial charge in [-0.05, 0) is 171 Å². The van der Waals surface area contributed by atoms with Crippen molar-refractivity contribution in [1.29, 1.82) is 0 Å². The first-order valence-electron chi connectivity index (χ1n) is 25.7. The van der Waals surface area contributed by atoms with E-state index in [4.69, 9.17) is 13.6 Å². The Labute approximate surface area is 432 Å². The van der Waals surface area contributed by atoms with Gasteiger partial charge in [-0.3, -0.25) is 0 Å². The van der Waals surface area contributed by atoms with Crippen LogP contribution in [0.4, 0.5) is 34.1 Å². The molecule has 0 N–H and O–H groups in total. The van der Waals surface area contributed by atoms with E-state index in [2.05, 4.69) is 253 Å². The van der Waals surface area contributed by atoms with Gasteiger partial charge in [-0.25, -0.2) is 0 Å². The highest BCUT2D eigenvalue weighted by Crippen LogP contribution is 2.53. The fourth-order valence-electron chi connectivity index (χ4n) is 13.2. The second-order valence-corrected chi connectivity index (χ2v) is 24.1. The molecule has 75 heavy (non-hydrogen) atoms. The highest BCUT2D eigenvalue weighted by Gasteiger charge is 2.59. The van der Waals surface area contributed by atoms with E-state index in [0.29, 0.717) is 0 Å². The lowest BCUT2D eigenvalue weighted by Crippen LogP contribution is -2.80. The third-order valence-electron chi connectivity index (χ3n) is 16.3. The molecule has 0 aliphatic carbocycles. The molecule has 14 aromatic rings. The highest BCUT2D eigenvalue weighted by atomic mass is 28.3. The van der Waals surface area contributed by atoms with Crippen LogP contribution in [-0.4, -0.2) is 8.07 Å². The van der Waals surface area contributed by atoms with Crippen LogP contribution in [0.5, 0.6) is 11.5 Å². The summed E-state index contributed by atoms with van der Waals surface area (Å²) < 4.78 is 20.9. The molecule has 0 amide bonds. The Hall–Kier alpha value is -9.62. The lowest BCUT2D eigenvalue weighted by Gasteiger charge is -2.53. The summed E-state index contributed by atoms with van der Waals surface area (Å²) in [6.45, 7) is 2.25. The van der Waals surface area contributed by atoms with Crippen LogP contribution in [0, 0.1) is 6.92 Å². The zero-order valence-electron chi connectivity index (χ0n) is 40.6. The number of rotatable bonds is 5. The van der Waals surface area contributed by atoms with Gasteiger partial charge >= 0.3 is 0 Å². The van der Waals surface area contributed by atoms with Crippen LogP contribution in [0.15, 0.2) is 245 Å². The maximum atomic E-state index is 7.74. The van der Waals surface area contributed by atoms with Crippen molar-refractivity contribution in [1.82, 2.24) is 0 Å². The Kier molecular flexibility index (Phi) is 8.17. The van der Waals surface area contributed by atoms with Crippen molar-refractivity contribution >= 4 is 128 Å². The second-order valence-electron chi connectivity index (χ2n) is 20.5. The van der Waals surface area contributed by atoms with Gasteiger partial charge in [0.15, 0.2) is 8.07 Å². The molecule has 17 rings (SSSR count). The summed E-state index contributed by atoms with van der Waals surface area (Å²) in [4.78, 5) is 5.04. The number of nitrogens with zero attached hydrogens (tertiary/aromatic N) is 2. The van der Waals surface area contributed by atoms with Gasteiger partial charge in [0.05, 0.1) is 11.4 Å². The van der Waals surface area contributed by atoms with Gasteiger partial charge in [-0.2, -0.15) is 0 Å². The molecule has 0 bridgehead atoms. The maximum absolute atomic E-state index is 7.74. The fourth-order valence-corrected chi connectivity index (χ4v) is 18.7. The molecule has 3 aliphatic rings. The number of furan rings is 2. The van der Waals surface area contributed by atoms with Crippen molar-refractivity contribution in [2.24, 2.45) is 0 Å². The number of fused-ring (bicyclic) bond motifs is 8. The molecular weight excluding hydrogens is 933 g/mol. The number of ether oxygens (including phenoxy) is 1. The largest absolute Gasteiger partial charge is 0.457 e. The van der Waals surface area contributed by atoms with Crippen LogP contribution >= 0.6 is 0 Å². The normalized spacial score (nSPS) is 13.8. The molecule has 350 valence electrons. The molecule has 5 nitrogen and oxygen atoms in total. The standard InChI is InChI=1S/C69H42N2O3Si/c1-41-29-57-67-58(30-41)71(51-21-7-3-8-22-51)60-36-49(47-26-28-62-54(34-47)56-32-43-16-12-14-18-45(43)38-64(56)73-62)40-66-69(60)75(67,52-23-9-4-10-24-52)68-59(70(57)50-19-5-2-6-20-50)35-48(39-65(68)74-66)46-25-27-61-53(33-46)55-31-42-15-11-13-17-44(42)37-63(55)72-61/h2-40H,1H3. The van der Waals surface area contributed by atoms with Crippen molar-refractivity contribution in [2.75, 3.05) is 9.80 Å². The van der Waals surface area contributed by atoms with E-state index in [1.165, 1.54) is 48.5 Å². The molecule has 0 atom stereocenters. The highest BCUT2D eigenvalue weighted by molar-refractivity contribution is 7.24. The van der Waals surface area contributed by atoms with E-state index < -0.39 is 8.07 Å². The predicted molar refractivity (Wildman–Crippen MR) is 312 cm³/mol. The molecule has 0 unspecified atom stereocenters. The van der Waals surface area contributed by atoms with Crippen LogP contribution < -0.4 is 35.3 Å². The van der Waals surface area contributed by atoms with Crippen LogP contribution in [0.3, 0.4) is 0 Å². The quantitative estimate of drug-likeness (QED) is 0.161. The Morgan fingerprint density at radius 1 is 0.320 bits per heavy atom.